The Hall–Kier alpha value is -2.75. The van der Waals surface area contributed by atoms with E-state index in [1.54, 1.807) is 30.3 Å². The van der Waals surface area contributed by atoms with Gasteiger partial charge in [0, 0.05) is 5.56 Å². The van der Waals surface area contributed by atoms with Crippen LogP contribution in [-0.2, 0) is 4.79 Å². The van der Waals surface area contributed by atoms with Gasteiger partial charge in [-0.25, -0.2) is 4.79 Å². The fraction of sp³-hybridized carbons (Fsp3) is 0. The topological polar surface area (TPSA) is 66.8 Å². The molecule has 1 aliphatic heterocycles. The van der Waals surface area contributed by atoms with Crippen molar-refractivity contribution in [3.8, 4) is 17.2 Å². The monoisotopic (exact) mass is 254 g/mol. The van der Waals surface area contributed by atoms with Crippen LogP contribution in [0.3, 0.4) is 0 Å². The Morgan fingerprint density at radius 3 is 2.58 bits per heavy atom. The molecule has 0 atom stereocenters. The van der Waals surface area contributed by atoms with E-state index in [0.29, 0.717) is 16.9 Å². The summed E-state index contributed by atoms with van der Waals surface area (Å²) in [5.41, 5.74) is 1.76. The van der Waals surface area contributed by atoms with Gasteiger partial charge in [-0.2, -0.15) is 0 Å². The largest absolute Gasteiger partial charge is 0.504 e. The lowest BCUT2D eigenvalue weighted by atomic mass is 10.0. The molecule has 4 nitrogen and oxygen atoms in total. The van der Waals surface area contributed by atoms with Gasteiger partial charge in [-0.05, 0) is 29.8 Å². The molecule has 0 saturated carbocycles. The van der Waals surface area contributed by atoms with E-state index in [1.807, 2.05) is 6.07 Å². The SMILES string of the molecule is O=C1Oc2ccccc2/C1=C/c1ccc(O)c(O)c1. The molecule has 0 amide bonds. The molecule has 0 aliphatic carbocycles. The maximum Gasteiger partial charge on any atom is 0.344 e. The molecule has 0 radical (unpaired) electrons. The number of esters is 1. The Morgan fingerprint density at radius 1 is 1.00 bits per heavy atom. The number of fused-ring (bicyclic) bond motifs is 1. The van der Waals surface area contributed by atoms with Crippen LogP contribution in [0, 0.1) is 0 Å². The summed E-state index contributed by atoms with van der Waals surface area (Å²) in [4.78, 5) is 11.8. The van der Waals surface area contributed by atoms with Crippen LogP contribution in [0.5, 0.6) is 17.2 Å². The minimum atomic E-state index is -0.422. The van der Waals surface area contributed by atoms with Crippen molar-refractivity contribution < 1.29 is 19.7 Å². The third-order valence-corrected chi connectivity index (χ3v) is 2.91. The van der Waals surface area contributed by atoms with Crippen molar-refractivity contribution >= 4 is 17.6 Å². The lowest BCUT2D eigenvalue weighted by molar-refractivity contribution is -0.126. The van der Waals surface area contributed by atoms with Crippen LogP contribution < -0.4 is 4.74 Å². The van der Waals surface area contributed by atoms with E-state index >= 15 is 0 Å². The summed E-state index contributed by atoms with van der Waals surface area (Å²) in [5.74, 6) is -0.318. The van der Waals surface area contributed by atoms with Gasteiger partial charge >= 0.3 is 5.97 Å². The smallest absolute Gasteiger partial charge is 0.344 e. The number of benzene rings is 2. The maximum absolute atomic E-state index is 11.8. The average molecular weight is 254 g/mol. The van der Waals surface area contributed by atoms with Gasteiger partial charge in [-0.3, -0.25) is 0 Å². The van der Waals surface area contributed by atoms with Crippen molar-refractivity contribution in [3.05, 3.63) is 53.6 Å². The predicted molar refractivity (Wildman–Crippen MR) is 69.7 cm³/mol. The highest BCUT2D eigenvalue weighted by molar-refractivity contribution is 6.25. The normalized spacial score (nSPS) is 15.4. The Bertz CT molecular complexity index is 701. The third kappa shape index (κ3) is 1.93. The van der Waals surface area contributed by atoms with Gasteiger partial charge in [0.15, 0.2) is 11.5 Å². The number of aromatic hydroxyl groups is 2. The van der Waals surface area contributed by atoms with Crippen LogP contribution in [0.25, 0.3) is 11.6 Å². The summed E-state index contributed by atoms with van der Waals surface area (Å²) in [5, 5.41) is 18.7. The zero-order valence-corrected chi connectivity index (χ0v) is 9.83. The van der Waals surface area contributed by atoms with Crippen LogP contribution in [0.1, 0.15) is 11.1 Å². The minimum absolute atomic E-state index is 0.198. The highest BCUT2D eigenvalue weighted by Crippen LogP contribution is 2.35. The van der Waals surface area contributed by atoms with Crippen molar-refractivity contribution in [3.63, 3.8) is 0 Å². The molecule has 1 aliphatic rings. The van der Waals surface area contributed by atoms with E-state index in [2.05, 4.69) is 0 Å². The summed E-state index contributed by atoms with van der Waals surface area (Å²) >= 11 is 0. The third-order valence-electron chi connectivity index (χ3n) is 2.91. The summed E-state index contributed by atoms with van der Waals surface area (Å²) in [6.45, 7) is 0. The molecule has 3 rings (SSSR count). The van der Waals surface area contributed by atoms with Crippen molar-refractivity contribution in [2.75, 3.05) is 0 Å². The number of rotatable bonds is 1. The highest BCUT2D eigenvalue weighted by atomic mass is 16.5. The molecular weight excluding hydrogens is 244 g/mol. The minimum Gasteiger partial charge on any atom is -0.504 e. The molecule has 0 aromatic heterocycles. The van der Waals surface area contributed by atoms with E-state index < -0.39 is 5.97 Å². The molecule has 19 heavy (non-hydrogen) atoms. The number of ether oxygens (including phenoxy) is 1. The first-order chi connectivity index (χ1) is 9.15. The summed E-state index contributed by atoms with van der Waals surface area (Å²) < 4.78 is 5.13. The predicted octanol–water partition coefficient (Wildman–Crippen LogP) is 2.56. The van der Waals surface area contributed by atoms with Crippen LogP contribution in [0.15, 0.2) is 42.5 Å². The zero-order chi connectivity index (χ0) is 13.4. The van der Waals surface area contributed by atoms with E-state index in [9.17, 15) is 15.0 Å². The number of phenolic OH excluding ortho intramolecular Hbond substituents is 2. The number of hydrogen-bond donors (Lipinski definition) is 2. The highest BCUT2D eigenvalue weighted by Gasteiger charge is 2.26. The fourth-order valence-electron chi connectivity index (χ4n) is 1.98. The second kappa shape index (κ2) is 4.17. The zero-order valence-electron chi connectivity index (χ0n) is 9.83. The van der Waals surface area contributed by atoms with Gasteiger partial charge in [-0.15, -0.1) is 0 Å². The lowest BCUT2D eigenvalue weighted by Crippen LogP contribution is -2.00. The van der Waals surface area contributed by atoms with E-state index in [1.165, 1.54) is 12.1 Å². The summed E-state index contributed by atoms with van der Waals surface area (Å²) in [6, 6.07) is 11.5. The van der Waals surface area contributed by atoms with Crippen LogP contribution in [-0.4, -0.2) is 16.2 Å². The van der Waals surface area contributed by atoms with Gasteiger partial charge in [0.05, 0.1) is 5.57 Å². The molecule has 2 N–H and O–H groups in total. The van der Waals surface area contributed by atoms with Crippen molar-refractivity contribution in [1.29, 1.82) is 0 Å². The molecule has 0 bridgehead atoms. The molecule has 2 aromatic rings. The summed E-state index contributed by atoms with van der Waals surface area (Å²) in [7, 11) is 0. The van der Waals surface area contributed by atoms with Crippen LogP contribution >= 0.6 is 0 Å². The molecule has 0 unspecified atom stereocenters. The number of para-hydroxylation sites is 1. The average Bonchev–Trinajstić information content (AvgIpc) is 2.71. The maximum atomic E-state index is 11.8. The number of hydrogen-bond acceptors (Lipinski definition) is 4. The molecular formula is C15H10O4. The van der Waals surface area contributed by atoms with Crippen LogP contribution in [0.2, 0.25) is 0 Å². The van der Waals surface area contributed by atoms with Crippen molar-refractivity contribution in [2.24, 2.45) is 0 Å². The van der Waals surface area contributed by atoms with Crippen molar-refractivity contribution in [2.45, 2.75) is 0 Å². The van der Waals surface area contributed by atoms with Crippen LogP contribution in [0.4, 0.5) is 0 Å². The lowest BCUT2D eigenvalue weighted by Gasteiger charge is -2.00. The summed E-state index contributed by atoms with van der Waals surface area (Å²) in [6.07, 6.45) is 1.62. The fourth-order valence-corrected chi connectivity index (χ4v) is 1.98. The molecule has 0 saturated heterocycles. The Labute approximate surface area is 109 Å². The Kier molecular flexibility index (Phi) is 2.49. The first-order valence-electron chi connectivity index (χ1n) is 5.70. The van der Waals surface area contributed by atoms with Crippen molar-refractivity contribution in [1.82, 2.24) is 0 Å². The standard InChI is InChI=1S/C15H10O4/c16-12-6-5-9(8-13(12)17)7-11-10-3-1-2-4-14(10)19-15(11)18/h1-8,16-17H/b11-7-. The number of carbonyl (C=O) groups is 1. The van der Waals surface area contributed by atoms with Gasteiger partial charge in [-0.1, -0.05) is 24.3 Å². The van der Waals surface area contributed by atoms with Gasteiger partial charge in [0.25, 0.3) is 0 Å². The Morgan fingerprint density at radius 2 is 1.79 bits per heavy atom. The molecule has 0 spiro atoms. The first kappa shape index (κ1) is 11.3. The molecule has 0 fully saturated rings. The Balaban J connectivity index is 2.08. The number of phenols is 2. The second-order valence-electron chi connectivity index (χ2n) is 4.19. The number of carbonyl (C=O) groups excluding carboxylic acids is 1. The van der Waals surface area contributed by atoms with Gasteiger partial charge < -0.3 is 14.9 Å². The second-order valence-corrected chi connectivity index (χ2v) is 4.19. The van der Waals surface area contributed by atoms with E-state index in [-0.39, 0.29) is 11.5 Å². The quantitative estimate of drug-likeness (QED) is 0.355. The van der Waals surface area contributed by atoms with Gasteiger partial charge in [0.1, 0.15) is 5.75 Å². The molecule has 2 aromatic carbocycles. The van der Waals surface area contributed by atoms with E-state index in [0.717, 1.165) is 5.56 Å². The van der Waals surface area contributed by atoms with Gasteiger partial charge in [0.2, 0.25) is 0 Å². The first-order valence-corrected chi connectivity index (χ1v) is 5.70. The molecule has 4 heteroatoms. The molecule has 1 heterocycles. The molecule has 94 valence electrons. The van der Waals surface area contributed by atoms with E-state index in [4.69, 9.17) is 4.74 Å².